The molecule has 1 aromatic carbocycles. The molecule has 17 heavy (non-hydrogen) atoms. The third-order valence-corrected chi connectivity index (χ3v) is 2.82. The van der Waals surface area contributed by atoms with Crippen LogP contribution in [0.3, 0.4) is 0 Å². The van der Waals surface area contributed by atoms with Crippen LogP contribution in [0.4, 0.5) is 0 Å². The van der Waals surface area contributed by atoms with Crippen molar-refractivity contribution >= 4 is 5.97 Å². The number of aliphatic carboxylic acids is 1. The lowest BCUT2D eigenvalue weighted by atomic mass is 10.0. The van der Waals surface area contributed by atoms with Gasteiger partial charge >= 0.3 is 5.97 Å². The summed E-state index contributed by atoms with van der Waals surface area (Å²) in [6.07, 6.45) is 2.99. The molecule has 0 aliphatic rings. The molecule has 1 rings (SSSR count). The molecule has 2 N–H and O–H groups in total. The Hall–Kier alpha value is -1.35. The Morgan fingerprint density at radius 3 is 2.47 bits per heavy atom. The van der Waals surface area contributed by atoms with E-state index in [1.54, 1.807) is 0 Å². The van der Waals surface area contributed by atoms with Crippen LogP contribution in [0.1, 0.15) is 49.8 Å². The first kappa shape index (κ1) is 13.7. The van der Waals surface area contributed by atoms with Gasteiger partial charge in [0, 0.05) is 6.42 Å². The van der Waals surface area contributed by atoms with Crippen molar-refractivity contribution in [2.45, 2.75) is 45.1 Å². The number of carboxylic acids is 1. The first-order chi connectivity index (χ1) is 8.13. The summed E-state index contributed by atoms with van der Waals surface area (Å²) in [5, 5.41) is 18.3. The third-order valence-electron chi connectivity index (χ3n) is 2.82. The molecule has 0 saturated carbocycles. The van der Waals surface area contributed by atoms with Crippen LogP contribution >= 0.6 is 0 Å². The first-order valence-electron chi connectivity index (χ1n) is 6.12. The SMILES string of the molecule is CCCCc1ccc(C(O)CCC(=O)O)cc1. The normalized spacial score (nSPS) is 12.4. The lowest BCUT2D eigenvalue weighted by Gasteiger charge is -2.10. The topological polar surface area (TPSA) is 57.5 Å². The number of hydrogen-bond donors (Lipinski definition) is 2. The molecular weight excluding hydrogens is 216 g/mol. The Labute approximate surface area is 102 Å². The quantitative estimate of drug-likeness (QED) is 0.765. The largest absolute Gasteiger partial charge is 0.481 e. The molecule has 94 valence electrons. The second kappa shape index (κ2) is 7.07. The summed E-state index contributed by atoms with van der Waals surface area (Å²) in [5.74, 6) is -0.872. The number of unbranched alkanes of at least 4 members (excludes halogenated alkanes) is 1. The molecule has 1 aromatic rings. The molecule has 0 aliphatic carbocycles. The van der Waals surface area contributed by atoms with Crippen LogP contribution in [-0.2, 0) is 11.2 Å². The van der Waals surface area contributed by atoms with Gasteiger partial charge in [0.05, 0.1) is 6.10 Å². The minimum Gasteiger partial charge on any atom is -0.481 e. The lowest BCUT2D eigenvalue weighted by Crippen LogP contribution is -2.02. The molecule has 0 aliphatic heterocycles. The van der Waals surface area contributed by atoms with E-state index in [0.29, 0.717) is 0 Å². The van der Waals surface area contributed by atoms with Crippen LogP contribution in [0, 0.1) is 0 Å². The van der Waals surface area contributed by atoms with Crippen molar-refractivity contribution in [1.82, 2.24) is 0 Å². The maximum Gasteiger partial charge on any atom is 0.303 e. The van der Waals surface area contributed by atoms with Gasteiger partial charge in [-0.25, -0.2) is 0 Å². The summed E-state index contributed by atoms with van der Waals surface area (Å²) >= 11 is 0. The zero-order valence-electron chi connectivity index (χ0n) is 10.2. The number of aliphatic hydroxyl groups is 1. The van der Waals surface area contributed by atoms with E-state index in [-0.39, 0.29) is 12.8 Å². The molecule has 0 aromatic heterocycles. The van der Waals surface area contributed by atoms with Gasteiger partial charge in [-0.2, -0.15) is 0 Å². The first-order valence-corrected chi connectivity index (χ1v) is 6.12. The van der Waals surface area contributed by atoms with E-state index in [1.165, 1.54) is 18.4 Å². The van der Waals surface area contributed by atoms with E-state index in [9.17, 15) is 9.90 Å². The van der Waals surface area contributed by atoms with Gasteiger partial charge in [-0.15, -0.1) is 0 Å². The van der Waals surface area contributed by atoms with E-state index >= 15 is 0 Å². The minimum atomic E-state index is -0.872. The van der Waals surface area contributed by atoms with Gasteiger partial charge in [0.25, 0.3) is 0 Å². The van der Waals surface area contributed by atoms with Crippen LogP contribution < -0.4 is 0 Å². The summed E-state index contributed by atoms with van der Waals surface area (Å²) in [5.41, 5.74) is 2.06. The van der Waals surface area contributed by atoms with Gasteiger partial charge < -0.3 is 10.2 Å². The van der Waals surface area contributed by atoms with Gasteiger partial charge in [0.1, 0.15) is 0 Å². The highest BCUT2D eigenvalue weighted by atomic mass is 16.4. The highest BCUT2D eigenvalue weighted by Crippen LogP contribution is 2.19. The molecule has 1 atom stereocenters. The van der Waals surface area contributed by atoms with Gasteiger partial charge in [-0.05, 0) is 30.4 Å². The Morgan fingerprint density at radius 1 is 1.29 bits per heavy atom. The smallest absolute Gasteiger partial charge is 0.303 e. The average Bonchev–Trinajstić information content (AvgIpc) is 2.34. The maximum atomic E-state index is 10.4. The van der Waals surface area contributed by atoms with Crippen LogP contribution in [0.15, 0.2) is 24.3 Å². The number of aliphatic hydroxyl groups excluding tert-OH is 1. The number of benzene rings is 1. The molecule has 3 nitrogen and oxygen atoms in total. The van der Waals surface area contributed by atoms with Gasteiger partial charge in [-0.3, -0.25) is 4.79 Å². The van der Waals surface area contributed by atoms with E-state index in [1.807, 2.05) is 24.3 Å². The Bertz CT molecular complexity index is 343. The number of carboxylic acid groups (broad SMARTS) is 1. The van der Waals surface area contributed by atoms with Crippen molar-refractivity contribution in [3.63, 3.8) is 0 Å². The molecule has 0 radical (unpaired) electrons. The van der Waals surface area contributed by atoms with Crippen molar-refractivity contribution < 1.29 is 15.0 Å². The predicted octanol–water partition coefficient (Wildman–Crippen LogP) is 2.93. The molecule has 0 saturated heterocycles. The summed E-state index contributed by atoms with van der Waals surface area (Å²) < 4.78 is 0. The molecular formula is C14H20O3. The second-order valence-electron chi connectivity index (χ2n) is 4.29. The van der Waals surface area contributed by atoms with Crippen LogP contribution in [0.5, 0.6) is 0 Å². The third kappa shape index (κ3) is 5.00. The van der Waals surface area contributed by atoms with E-state index in [2.05, 4.69) is 6.92 Å². The maximum absolute atomic E-state index is 10.4. The fourth-order valence-electron chi connectivity index (χ4n) is 1.71. The molecule has 0 spiro atoms. The van der Waals surface area contributed by atoms with E-state index in [0.717, 1.165) is 12.0 Å². The fraction of sp³-hybridized carbons (Fsp3) is 0.500. The Kier molecular flexibility index (Phi) is 5.70. The lowest BCUT2D eigenvalue weighted by molar-refractivity contribution is -0.137. The number of hydrogen-bond acceptors (Lipinski definition) is 2. The number of aryl methyl sites for hydroxylation is 1. The van der Waals surface area contributed by atoms with E-state index in [4.69, 9.17) is 5.11 Å². The molecule has 0 bridgehead atoms. The van der Waals surface area contributed by atoms with Crippen molar-refractivity contribution in [2.24, 2.45) is 0 Å². The summed E-state index contributed by atoms with van der Waals surface area (Å²) in [4.78, 5) is 10.4. The molecule has 0 fully saturated rings. The number of rotatable bonds is 7. The Morgan fingerprint density at radius 2 is 1.94 bits per heavy atom. The van der Waals surface area contributed by atoms with Crippen molar-refractivity contribution in [3.05, 3.63) is 35.4 Å². The average molecular weight is 236 g/mol. The van der Waals surface area contributed by atoms with E-state index < -0.39 is 12.1 Å². The predicted molar refractivity (Wildman–Crippen MR) is 66.9 cm³/mol. The Balaban J connectivity index is 2.51. The zero-order valence-corrected chi connectivity index (χ0v) is 10.2. The highest BCUT2D eigenvalue weighted by Gasteiger charge is 2.09. The van der Waals surface area contributed by atoms with Crippen LogP contribution in [0.25, 0.3) is 0 Å². The zero-order chi connectivity index (χ0) is 12.7. The number of carbonyl (C=O) groups is 1. The second-order valence-corrected chi connectivity index (χ2v) is 4.29. The molecule has 1 unspecified atom stereocenters. The van der Waals surface area contributed by atoms with Crippen LogP contribution in [0.2, 0.25) is 0 Å². The summed E-state index contributed by atoms with van der Waals surface area (Å²) in [6, 6.07) is 7.79. The molecule has 3 heteroatoms. The standard InChI is InChI=1S/C14H20O3/c1-2-3-4-11-5-7-12(8-6-11)13(15)9-10-14(16)17/h5-8,13,15H,2-4,9-10H2,1H3,(H,16,17). The van der Waals surface area contributed by atoms with Crippen molar-refractivity contribution in [1.29, 1.82) is 0 Å². The van der Waals surface area contributed by atoms with Crippen LogP contribution in [-0.4, -0.2) is 16.2 Å². The van der Waals surface area contributed by atoms with Gasteiger partial charge in [0.15, 0.2) is 0 Å². The summed E-state index contributed by atoms with van der Waals surface area (Å²) in [6.45, 7) is 2.16. The van der Waals surface area contributed by atoms with Gasteiger partial charge in [0.2, 0.25) is 0 Å². The monoisotopic (exact) mass is 236 g/mol. The molecule has 0 heterocycles. The van der Waals surface area contributed by atoms with Crippen molar-refractivity contribution in [3.8, 4) is 0 Å². The van der Waals surface area contributed by atoms with Gasteiger partial charge in [-0.1, -0.05) is 37.6 Å². The summed E-state index contributed by atoms with van der Waals surface area (Å²) in [7, 11) is 0. The molecule has 0 amide bonds. The highest BCUT2D eigenvalue weighted by molar-refractivity contribution is 5.66. The fourth-order valence-corrected chi connectivity index (χ4v) is 1.71. The van der Waals surface area contributed by atoms with Crippen molar-refractivity contribution in [2.75, 3.05) is 0 Å². The minimum absolute atomic E-state index is 0.00124.